The van der Waals surface area contributed by atoms with Gasteiger partial charge in [0.1, 0.15) is 0 Å². The van der Waals surface area contributed by atoms with Crippen molar-refractivity contribution < 1.29 is 9.59 Å². The highest BCUT2D eigenvalue weighted by Crippen LogP contribution is 2.17. The number of carbonyl (C=O) groups is 2. The van der Waals surface area contributed by atoms with Crippen molar-refractivity contribution in [3.63, 3.8) is 0 Å². The average Bonchev–Trinajstić information content (AvgIpc) is 2.60. The fraction of sp³-hybridized carbons (Fsp3) is 0.300. The molecule has 0 aromatic heterocycles. The lowest BCUT2D eigenvalue weighted by molar-refractivity contribution is -0.129. The van der Waals surface area contributed by atoms with Crippen LogP contribution in [0.25, 0.3) is 0 Å². The van der Waals surface area contributed by atoms with Crippen LogP contribution in [-0.2, 0) is 22.6 Å². The number of anilines is 1. The van der Waals surface area contributed by atoms with Crippen LogP contribution in [0, 0.1) is 0 Å². The molecule has 2 aromatic carbocycles. The molecule has 0 aliphatic carbocycles. The summed E-state index contributed by atoms with van der Waals surface area (Å²) in [6.07, 6.45) is 1.20. The van der Waals surface area contributed by atoms with Gasteiger partial charge < -0.3 is 10.2 Å². The number of aryl methyl sites for hydroxylation is 1. The fourth-order valence-corrected chi connectivity index (χ4v) is 2.66. The van der Waals surface area contributed by atoms with Gasteiger partial charge in [0.25, 0.3) is 0 Å². The van der Waals surface area contributed by atoms with E-state index in [0.717, 1.165) is 17.7 Å². The molecule has 2 aromatic rings. The zero-order chi connectivity index (χ0) is 18.2. The first-order valence-corrected chi connectivity index (χ1v) is 8.75. The smallest absolute Gasteiger partial charge is 0.226 e. The number of benzene rings is 2. The van der Waals surface area contributed by atoms with E-state index in [9.17, 15) is 9.59 Å². The maximum Gasteiger partial charge on any atom is 0.226 e. The Morgan fingerprint density at radius 3 is 2.36 bits per heavy atom. The minimum absolute atomic E-state index is 0.0833. The lowest BCUT2D eigenvalue weighted by Crippen LogP contribution is -2.31. The first-order chi connectivity index (χ1) is 12.0. The molecule has 0 radical (unpaired) electrons. The summed E-state index contributed by atoms with van der Waals surface area (Å²) in [7, 11) is 0. The number of nitrogens with one attached hydrogen (secondary N) is 1. The zero-order valence-electron chi connectivity index (χ0n) is 14.6. The van der Waals surface area contributed by atoms with Gasteiger partial charge in [-0.1, -0.05) is 48.9 Å². The largest absolute Gasteiger partial charge is 0.338 e. The van der Waals surface area contributed by atoms with Crippen LogP contribution in [0.2, 0.25) is 5.02 Å². The summed E-state index contributed by atoms with van der Waals surface area (Å²) < 4.78 is 0. The molecule has 4 nitrogen and oxygen atoms in total. The number of amides is 2. The minimum Gasteiger partial charge on any atom is -0.338 e. The molecular formula is C20H23ClN2O2. The van der Waals surface area contributed by atoms with Crippen LogP contribution in [0.5, 0.6) is 0 Å². The molecule has 5 heteroatoms. The van der Waals surface area contributed by atoms with Crippen LogP contribution in [0.3, 0.4) is 0 Å². The van der Waals surface area contributed by atoms with Gasteiger partial charge in [-0.25, -0.2) is 0 Å². The molecule has 0 aliphatic heterocycles. The molecule has 0 unspecified atom stereocenters. The van der Waals surface area contributed by atoms with E-state index in [-0.39, 0.29) is 18.2 Å². The molecule has 0 heterocycles. The van der Waals surface area contributed by atoms with Crippen LogP contribution in [0.4, 0.5) is 5.69 Å². The molecule has 0 aliphatic rings. The fourth-order valence-electron chi connectivity index (χ4n) is 2.46. The Morgan fingerprint density at radius 1 is 1.08 bits per heavy atom. The molecule has 2 amide bonds. The van der Waals surface area contributed by atoms with Gasteiger partial charge in [0.2, 0.25) is 11.8 Å². The van der Waals surface area contributed by atoms with Gasteiger partial charge in [0.15, 0.2) is 0 Å². The second-order valence-corrected chi connectivity index (χ2v) is 6.29. The third-order valence-corrected chi connectivity index (χ3v) is 4.39. The van der Waals surface area contributed by atoms with Crippen molar-refractivity contribution in [1.29, 1.82) is 0 Å². The van der Waals surface area contributed by atoms with E-state index in [1.807, 2.05) is 42.5 Å². The Bertz CT molecular complexity index is 729. The number of carbonyl (C=O) groups excluding carboxylic acids is 2. The molecular weight excluding hydrogens is 336 g/mol. The van der Waals surface area contributed by atoms with E-state index < -0.39 is 0 Å². The van der Waals surface area contributed by atoms with E-state index in [2.05, 4.69) is 12.2 Å². The quantitative estimate of drug-likeness (QED) is 0.803. The van der Waals surface area contributed by atoms with Crippen molar-refractivity contribution in [1.82, 2.24) is 4.90 Å². The molecule has 132 valence electrons. The van der Waals surface area contributed by atoms with E-state index in [4.69, 9.17) is 11.6 Å². The normalized spacial score (nSPS) is 10.4. The summed E-state index contributed by atoms with van der Waals surface area (Å²) in [5, 5.41) is 3.48. The molecule has 25 heavy (non-hydrogen) atoms. The van der Waals surface area contributed by atoms with Crippen molar-refractivity contribution in [3.05, 3.63) is 64.7 Å². The summed E-state index contributed by atoms with van der Waals surface area (Å²) in [4.78, 5) is 25.6. The van der Waals surface area contributed by atoms with Gasteiger partial charge in [-0.2, -0.15) is 0 Å². The third-order valence-electron chi connectivity index (χ3n) is 4.02. The summed E-state index contributed by atoms with van der Waals surface area (Å²) in [5.74, 6) is -0.199. The number of hydrogen-bond acceptors (Lipinski definition) is 2. The Labute approximate surface area is 153 Å². The number of halogens is 1. The summed E-state index contributed by atoms with van der Waals surface area (Å²) in [6, 6.07) is 15.2. The number of nitrogens with zero attached hydrogens (tertiary/aromatic N) is 1. The van der Waals surface area contributed by atoms with E-state index in [1.165, 1.54) is 12.5 Å². The van der Waals surface area contributed by atoms with Gasteiger partial charge in [-0.05, 0) is 35.7 Å². The van der Waals surface area contributed by atoms with E-state index >= 15 is 0 Å². The van der Waals surface area contributed by atoms with Crippen LogP contribution in [0.15, 0.2) is 48.5 Å². The van der Waals surface area contributed by atoms with Gasteiger partial charge in [-0.3, -0.25) is 9.59 Å². The Kier molecular flexibility index (Phi) is 7.02. The highest BCUT2D eigenvalue weighted by molar-refractivity contribution is 6.31. The zero-order valence-corrected chi connectivity index (χ0v) is 15.3. The Balaban J connectivity index is 1.90. The van der Waals surface area contributed by atoms with Crippen molar-refractivity contribution >= 4 is 29.1 Å². The highest BCUT2D eigenvalue weighted by Gasteiger charge is 2.13. The lowest BCUT2D eigenvalue weighted by atomic mass is 10.1. The average molecular weight is 359 g/mol. The maximum absolute atomic E-state index is 12.1. The standard InChI is InChI=1S/C20H23ClN2O2/c1-3-16-8-10-18(11-9-16)22-20(25)12-13-23(15(2)24)14-17-6-4-5-7-19(17)21/h4-11H,3,12-14H2,1-2H3,(H,22,25). The SMILES string of the molecule is CCc1ccc(NC(=O)CCN(Cc2ccccc2Cl)C(C)=O)cc1. The number of rotatable bonds is 7. The molecule has 0 fully saturated rings. The van der Waals surface area contributed by atoms with Gasteiger partial charge in [0.05, 0.1) is 0 Å². The number of hydrogen-bond donors (Lipinski definition) is 1. The Morgan fingerprint density at radius 2 is 1.76 bits per heavy atom. The van der Waals surface area contributed by atoms with Crippen molar-refractivity contribution in [3.8, 4) is 0 Å². The van der Waals surface area contributed by atoms with Gasteiger partial charge in [-0.15, -0.1) is 0 Å². The predicted molar refractivity (Wildman–Crippen MR) is 102 cm³/mol. The van der Waals surface area contributed by atoms with Crippen LogP contribution < -0.4 is 5.32 Å². The molecule has 0 bridgehead atoms. The molecule has 1 N–H and O–H groups in total. The Hall–Kier alpha value is -2.33. The first-order valence-electron chi connectivity index (χ1n) is 8.37. The molecule has 0 saturated heterocycles. The second kappa shape index (κ2) is 9.23. The summed E-state index contributed by atoms with van der Waals surface area (Å²) >= 11 is 6.15. The lowest BCUT2D eigenvalue weighted by Gasteiger charge is -2.21. The van der Waals surface area contributed by atoms with Crippen molar-refractivity contribution in [2.24, 2.45) is 0 Å². The molecule has 2 rings (SSSR count). The van der Waals surface area contributed by atoms with Gasteiger partial charge >= 0.3 is 0 Å². The maximum atomic E-state index is 12.1. The first kappa shape index (κ1) is 19.0. The summed E-state index contributed by atoms with van der Waals surface area (Å²) in [6.45, 7) is 4.33. The van der Waals surface area contributed by atoms with Crippen LogP contribution in [0.1, 0.15) is 31.4 Å². The van der Waals surface area contributed by atoms with Gasteiger partial charge in [0, 0.05) is 37.1 Å². The van der Waals surface area contributed by atoms with E-state index in [1.54, 1.807) is 11.0 Å². The highest BCUT2D eigenvalue weighted by atomic mass is 35.5. The molecule has 0 saturated carbocycles. The van der Waals surface area contributed by atoms with Crippen molar-refractivity contribution in [2.75, 3.05) is 11.9 Å². The monoisotopic (exact) mass is 358 g/mol. The van der Waals surface area contributed by atoms with Crippen LogP contribution >= 0.6 is 11.6 Å². The van der Waals surface area contributed by atoms with Crippen LogP contribution in [-0.4, -0.2) is 23.3 Å². The molecule has 0 atom stereocenters. The molecule has 0 spiro atoms. The summed E-state index contributed by atoms with van der Waals surface area (Å²) in [5.41, 5.74) is 2.86. The van der Waals surface area contributed by atoms with E-state index in [0.29, 0.717) is 18.1 Å². The second-order valence-electron chi connectivity index (χ2n) is 5.88. The topological polar surface area (TPSA) is 49.4 Å². The third kappa shape index (κ3) is 5.91. The minimum atomic E-state index is -0.116. The predicted octanol–water partition coefficient (Wildman–Crippen LogP) is 4.28. The van der Waals surface area contributed by atoms with Crippen molar-refractivity contribution in [2.45, 2.75) is 33.2 Å².